The SMILES string of the molecule is O=C1/C(=C/c2ccc(F)cc2)CSc2ccccc21. The van der Waals surface area contributed by atoms with Gasteiger partial charge in [-0.1, -0.05) is 24.3 Å². The molecule has 2 aromatic carbocycles. The molecule has 0 amide bonds. The Balaban J connectivity index is 1.96. The first-order valence-electron chi connectivity index (χ1n) is 5.97. The first-order chi connectivity index (χ1) is 9.24. The highest BCUT2D eigenvalue weighted by Crippen LogP contribution is 2.33. The molecule has 0 spiro atoms. The molecule has 0 radical (unpaired) electrons. The number of benzene rings is 2. The third-order valence-electron chi connectivity index (χ3n) is 3.02. The second-order valence-electron chi connectivity index (χ2n) is 4.34. The summed E-state index contributed by atoms with van der Waals surface area (Å²) in [7, 11) is 0. The van der Waals surface area contributed by atoms with Gasteiger partial charge in [0.25, 0.3) is 0 Å². The van der Waals surface area contributed by atoms with Crippen molar-refractivity contribution >= 4 is 23.6 Å². The number of carbonyl (C=O) groups is 1. The fourth-order valence-electron chi connectivity index (χ4n) is 2.04. The number of halogens is 1. The van der Waals surface area contributed by atoms with Crippen LogP contribution in [0.2, 0.25) is 0 Å². The van der Waals surface area contributed by atoms with Gasteiger partial charge in [0.2, 0.25) is 0 Å². The minimum atomic E-state index is -0.267. The fourth-order valence-corrected chi connectivity index (χ4v) is 3.06. The van der Waals surface area contributed by atoms with E-state index in [0.717, 1.165) is 21.6 Å². The molecule has 3 rings (SSSR count). The fraction of sp³-hybridized carbons (Fsp3) is 0.0625. The molecule has 3 heteroatoms. The van der Waals surface area contributed by atoms with Gasteiger partial charge in [-0.05, 0) is 35.9 Å². The van der Waals surface area contributed by atoms with Crippen molar-refractivity contribution in [3.05, 3.63) is 71.0 Å². The molecule has 94 valence electrons. The van der Waals surface area contributed by atoms with E-state index >= 15 is 0 Å². The highest BCUT2D eigenvalue weighted by Gasteiger charge is 2.21. The lowest BCUT2D eigenvalue weighted by molar-refractivity contribution is 0.103. The number of hydrogen-bond acceptors (Lipinski definition) is 2. The Morgan fingerprint density at radius 2 is 1.79 bits per heavy atom. The van der Waals surface area contributed by atoms with Crippen LogP contribution in [0.25, 0.3) is 6.08 Å². The zero-order valence-electron chi connectivity index (χ0n) is 10.1. The average molecular weight is 270 g/mol. The highest BCUT2D eigenvalue weighted by molar-refractivity contribution is 7.99. The summed E-state index contributed by atoms with van der Waals surface area (Å²) in [5.41, 5.74) is 2.37. The number of hydrogen-bond donors (Lipinski definition) is 0. The summed E-state index contributed by atoms with van der Waals surface area (Å²) in [4.78, 5) is 13.4. The lowest BCUT2D eigenvalue weighted by Crippen LogP contribution is -2.11. The third kappa shape index (κ3) is 2.47. The molecular formula is C16H11FOS. The number of ketones is 1. The van der Waals surface area contributed by atoms with Gasteiger partial charge in [-0.2, -0.15) is 0 Å². The summed E-state index contributed by atoms with van der Waals surface area (Å²) in [5, 5.41) is 0. The quantitative estimate of drug-likeness (QED) is 0.722. The molecule has 0 fully saturated rings. The molecule has 0 unspecified atom stereocenters. The second-order valence-corrected chi connectivity index (χ2v) is 5.35. The second kappa shape index (κ2) is 5.02. The van der Waals surface area contributed by atoms with Crippen LogP contribution in [0.15, 0.2) is 59.0 Å². The van der Waals surface area contributed by atoms with Gasteiger partial charge < -0.3 is 0 Å². The monoisotopic (exact) mass is 270 g/mol. The number of Topliss-reactive ketones (excluding diaryl/α,β-unsaturated/α-hetero) is 1. The third-order valence-corrected chi connectivity index (χ3v) is 4.14. The van der Waals surface area contributed by atoms with Crippen LogP contribution >= 0.6 is 11.8 Å². The Morgan fingerprint density at radius 1 is 1.05 bits per heavy atom. The van der Waals surface area contributed by atoms with Gasteiger partial charge in [0.15, 0.2) is 5.78 Å². The Bertz CT molecular complexity index is 659. The Labute approximate surface area is 115 Å². The molecule has 0 bridgehead atoms. The Kier molecular flexibility index (Phi) is 3.22. The summed E-state index contributed by atoms with van der Waals surface area (Å²) in [6.07, 6.45) is 1.84. The molecular weight excluding hydrogens is 259 g/mol. The topological polar surface area (TPSA) is 17.1 Å². The smallest absolute Gasteiger partial charge is 0.191 e. The lowest BCUT2D eigenvalue weighted by atomic mass is 10.0. The molecule has 19 heavy (non-hydrogen) atoms. The Morgan fingerprint density at radius 3 is 2.58 bits per heavy atom. The molecule has 1 heterocycles. The van der Waals surface area contributed by atoms with Crippen molar-refractivity contribution in [3.63, 3.8) is 0 Å². The largest absolute Gasteiger partial charge is 0.289 e. The van der Waals surface area contributed by atoms with E-state index in [-0.39, 0.29) is 11.6 Å². The van der Waals surface area contributed by atoms with E-state index in [1.165, 1.54) is 12.1 Å². The van der Waals surface area contributed by atoms with Crippen LogP contribution in [0.3, 0.4) is 0 Å². The zero-order chi connectivity index (χ0) is 13.2. The summed E-state index contributed by atoms with van der Waals surface area (Å²) < 4.78 is 12.8. The minimum Gasteiger partial charge on any atom is -0.289 e. The van der Waals surface area contributed by atoms with Crippen molar-refractivity contribution in [3.8, 4) is 0 Å². The van der Waals surface area contributed by atoms with E-state index < -0.39 is 0 Å². The van der Waals surface area contributed by atoms with Gasteiger partial charge in [-0.25, -0.2) is 4.39 Å². The van der Waals surface area contributed by atoms with Gasteiger partial charge in [0.1, 0.15) is 5.82 Å². The van der Waals surface area contributed by atoms with Crippen LogP contribution in [0.1, 0.15) is 15.9 Å². The minimum absolute atomic E-state index is 0.0682. The number of fused-ring (bicyclic) bond motifs is 1. The van der Waals surface area contributed by atoms with Gasteiger partial charge >= 0.3 is 0 Å². The van der Waals surface area contributed by atoms with E-state index in [2.05, 4.69) is 0 Å². The molecule has 1 nitrogen and oxygen atoms in total. The van der Waals surface area contributed by atoms with Crippen molar-refractivity contribution in [1.82, 2.24) is 0 Å². The summed E-state index contributed by atoms with van der Waals surface area (Å²) in [6, 6.07) is 13.8. The zero-order valence-corrected chi connectivity index (χ0v) is 10.9. The lowest BCUT2D eigenvalue weighted by Gasteiger charge is -2.16. The van der Waals surface area contributed by atoms with Crippen LogP contribution in [-0.2, 0) is 0 Å². The van der Waals surface area contributed by atoms with Gasteiger partial charge in [0.05, 0.1) is 0 Å². The normalized spacial score (nSPS) is 16.5. The van der Waals surface area contributed by atoms with Crippen molar-refractivity contribution in [2.45, 2.75) is 4.90 Å². The van der Waals surface area contributed by atoms with Gasteiger partial charge in [-0.3, -0.25) is 4.79 Å². The predicted octanol–water partition coefficient (Wildman–Crippen LogP) is 4.20. The maximum Gasteiger partial charge on any atom is 0.191 e. The van der Waals surface area contributed by atoms with E-state index in [9.17, 15) is 9.18 Å². The average Bonchev–Trinajstić information content (AvgIpc) is 2.45. The molecule has 0 N–H and O–H groups in total. The van der Waals surface area contributed by atoms with Crippen LogP contribution in [0, 0.1) is 5.82 Å². The number of rotatable bonds is 1. The maximum atomic E-state index is 12.8. The van der Waals surface area contributed by atoms with E-state index in [0.29, 0.717) is 5.75 Å². The van der Waals surface area contributed by atoms with Crippen LogP contribution in [0.4, 0.5) is 4.39 Å². The van der Waals surface area contributed by atoms with Crippen molar-refractivity contribution in [2.75, 3.05) is 5.75 Å². The van der Waals surface area contributed by atoms with E-state index in [1.807, 2.05) is 30.3 Å². The number of thioether (sulfide) groups is 1. The molecule has 0 atom stereocenters. The molecule has 0 saturated heterocycles. The van der Waals surface area contributed by atoms with Crippen molar-refractivity contribution in [1.29, 1.82) is 0 Å². The van der Waals surface area contributed by atoms with Crippen LogP contribution < -0.4 is 0 Å². The van der Waals surface area contributed by atoms with E-state index in [4.69, 9.17) is 0 Å². The molecule has 0 saturated carbocycles. The van der Waals surface area contributed by atoms with Crippen LogP contribution in [-0.4, -0.2) is 11.5 Å². The van der Waals surface area contributed by atoms with E-state index in [1.54, 1.807) is 23.9 Å². The summed E-state index contributed by atoms with van der Waals surface area (Å²) in [5.74, 6) is 0.461. The molecule has 0 aromatic heterocycles. The standard InChI is InChI=1S/C16H11FOS/c17-13-7-5-11(6-8-13)9-12-10-19-15-4-2-1-3-14(15)16(12)18/h1-9H,10H2/b12-9+. The summed E-state index contributed by atoms with van der Waals surface area (Å²) in [6.45, 7) is 0. The first kappa shape index (κ1) is 12.2. The molecule has 1 aliphatic rings. The first-order valence-corrected chi connectivity index (χ1v) is 6.95. The van der Waals surface area contributed by atoms with Gasteiger partial charge in [-0.15, -0.1) is 11.8 Å². The van der Waals surface area contributed by atoms with Gasteiger partial charge in [0, 0.05) is 21.8 Å². The van der Waals surface area contributed by atoms with Crippen LogP contribution in [0.5, 0.6) is 0 Å². The van der Waals surface area contributed by atoms with Crippen molar-refractivity contribution < 1.29 is 9.18 Å². The molecule has 1 aliphatic heterocycles. The highest BCUT2D eigenvalue weighted by atomic mass is 32.2. The maximum absolute atomic E-state index is 12.8. The number of carbonyl (C=O) groups excluding carboxylic acids is 1. The molecule has 2 aromatic rings. The Hall–Kier alpha value is -1.87. The van der Waals surface area contributed by atoms with Crippen molar-refractivity contribution in [2.24, 2.45) is 0 Å². The summed E-state index contributed by atoms with van der Waals surface area (Å²) >= 11 is 1.66. The predicted molar refractivity (Wildman–Crippen MR) is 75.9 cm³/mol. The molecule has 0 aliphatic carbocycles.